The lowest BCUT2D eigenvalue weighted by Gasteiger charge is -2.19. The van der Waals surface area contributed by atoms with Crippen molar-refractivity contribution in [2.75, 3.05) is 25.0 Å². The number of carbonyl (C=O) groups excluding carboxylic acids is 1. The van der Waals surface area contributed by atoms with Gasteiger partial charge in [0.2, 0.25) is 10.0 Å². The van der Waals surface area contributed by atoms with Crippen LogP contribution in [0.2, 0.25) is 10.0 Å². The molecule has 0 aromatic heterocycles. The highest BCUT2D eigenvalue weighted by Gasteiger charge is 2.25. The van der Waals surface area contributed by atoms with E-state index in [1.165, 1.54) is 22.5 Å². The van der Waals surface area contributed by atoms with E-state index in [-0.39, 0.29) is 16.5 Å². The molecule has 27 heavy (non-hydrogen) atoms. The van der Waals surface area contributed by atoms with Crippen LogP contribution in [0.15, 0.2) is 47.4 Å². The SMILES string of the molecule is CCN(CC)S(=O)(=O)c1cc(NC(=O)COc2ccc(Cl)cc2)ccc1Cl. The minimum absolute atomic E-state index is 0.0516. The lowest BCUT2D eigenvalue weighted by molar-refractivity contribution is -0.118. The third-order valence-corrected chi connectivity index (χ3v) is 6.51. The van der Waals surface area contributed by atoms with Crippen molar-refractivity contribution >= 4 is 44.8 Å². The van der Waals surface area contributed by atoms with E-state index in [1.807, 2.05) is 0 Å². The van der Waals surface area contributed by atoms with Gasteiger partial charge in [-0.2, -0.15) is 4.31 Å². The van der Waals surface area contributed by atoms with Crippen molar-refractivity contribution in [1.29, 1.82) is 0 Å². The van der Waals surface area contributed by atoms with Crippen molar-refractivity contribution in [3.05, 3.63) is 52.5 Å². The van der Waals surface area contributed by atoms with Gasteiger partial charge in [0.1, 0.15) is 10.6 Å². The molecule has 0 aliphatic rings. The minimum Gasteiger partial charge on any atom is -0.484 e. The number of halogens is 2. The zero-order valence-electron chi connectivity index (χ0n) is 14.9. The number of benzene rings is 2. The molecule has 2 aromatic carbocycles. The second kappa shape index (κ2) is 9.41. The summed E-state index contributed by atoms with van der Waals surface area (Å²) in [6, 6.07) is 10.9. The van der Waals surface area contributed by atoms with Crippen molar-refractivity contribution in [3.63, 3.8) is 0 Å². The fraction of sp³-hybridized carbons (Fsp3) is 0.278. The molecule has 1 amide bonds. The molecule has 0 aliphatic carbocycles. The maximum Gasteiger partial charge on any atom is 0.262 e. The van der Waals surface area contributed by atoms with Crippen LogP contribution in [-0.2, 0) is 14.8 Å². The molecule has 0 unspecified atom stereocenters. The highest BCUT2D eigenvalue weighted by atomic mass is 35.5. The first-order chi connectivity index (χ1) is 12.8. The van der Waals surface area contributed by atoms with E-state index in [1.54, 1.807) is 38.1 Å². The molecule has 1 N–H and O–H groups in total. The van der Waals surface area contributed by atoms with Crippen LogP contribution in [0, 0.1) is 0 Å². The molecule has 2 aromatic rings. The molecule has 2 rings (SSSR count). The van der Waals surface area contributed by atoms with Crippen LogP contribution in [0.4, 0.5) is 5.69 Å². The molecule has 6 nitrogen and oxygen atoms in total. The fourth-order valence-corrected chi connectivity index (χ4v) is 4.44. The molecule has 0 aliphatic heterocycles. The Morgan fingerprint density at radius 1 is 1.07 bits per heavy atom. The number of ether oxygens (including phenoxy) is 1. The Labute approximate surface area is 169 Å². The van der Waals surface area contributed by atoms with Gasteiger partial charge in [-0.3, -0.25) is 4.79 Å². The van der Waals surface area contributed by atoms with Crippen LogP contribution in [0.1, 0.15) is 13.8 Å². The van der Waals surface area contributed by atoms with Gasteiger partial charge in [0.15, 0.2) is 6.61 Å². The van der Waals surface area contributed by atoms with E-state index in [9.17, 15) is 13.2 Å². The van der Waals surface area contributed by atoms with Crippen molar-refractivity contribution in [1.82, 2.24) is 4.31 Å². The van der Waals surface area contributed by atoms with Crippen molar-refractivity contribution in [2.45, 2.75) is 18.7 Å². The van der Waals surface area contributed by atoms with Crippen molar-refractivity contribution < 1.29 is 17.9 Å². The van der Waals surface area contributed by atoms with Gasteiger partial charge in [-0.05, 0) is 42.5 Å². The molecule has 0 heterocycles. The van der Waals surface area contributed by atoms with Crippen LogP contribution in [0.3, 0.4) is 0 Å². The number of anilines is 1. The smallest absolute Gasteiger partial charge is 0.262 e. The van der Waals surface area contributed by atoms with Gasteiger partial charge in [-0.15, -0.1) is 0 Å². The topological polar surface area (TPSA) is 75.7 Å². The van der Waals surface area contributed by atoms with Crippen molar-refractivity contribution in [2.24, 2.45) is 0 Å². The van der Waals surface area contributed by atoms with Gasteiger partial charge in [0, 0.05) is 23.8 Å². The molecule has 9 heteroatoms. The first-order valence-corrected chi connectivity index (χ1v) is 10.5. The summed E-state index contributed by atoms with van der Waals surface area (Å²) in [5, 5.41) is 3.27. The molecule has 0 spiro atoms. The van der Waals surface area contributed by atoms with Gasteiger partial charge < -0.3 is 10.1 Å². The summed E-state index contributed by atoms with van der Waals surface area (Å²) in [5.74, 6) is 0.0638. The van der Waals surface area contributed by atoms with E-state index in [0.29, 0.717) is 29.5 Å². The Kier molecular flexibility index (Phi) is 7.49. The third-order valence-electron chi connectivity index (χ3n) is 3.72. The number of amides is 1. The minimum atomic E-state index is -3.74. The lowest BCUT2D eigenvalue weighted by Crippen LogP contribution is -2.31. The van der Waals surface area contributed by atoms with E-state index in [2.05, 4.69) is 5.32 Å². The monoisotopic (exact) mass is 430 g/mol. The summed E-state index contributed by atoms with van der Waals surface area (Å²) in [6.07, 6.45) is 0. The number of hydrogen-bond acceptors (Lipinski definition) is 4. The summed E-state index contributed by atoms with van der Waals surface area (Å²) in [5.41, 5.74) is 0.315. The number of hydrogen-bond donors (Lipinski definition) is 1. The lowest BCUT2D eigenvalue weighted by atomic mass is 10.3. The first-order valence-electron chi connectivity index (χ1n) is 8.25. The molecule has 146 valence electrons. The zero-order chi connectivity index (χ0) is 20.0. The van der Waals surface area contributed by atoms with Gasteiger partial charge in [0.25, 0.3) is 5.91 Å². The summed E-state index contributed by atoms with van der Waals surface area (Å²) in [4.78, 5) is 12.0. The number of nitrogens with one attached hydrogen (secondary N) is 1. The fourth-order valence-electron chi connectivity index (χ4n) is 2.36. The number of nitrogens with zero attached hydrogens (tertiary/aromatic N) is 1. The molecular formula is C18H20Cl2N2O4S. The van der Waals surface area contributed by atoms with Gasteiger partial charge in [-0.1, -0.05) is 37.0 Å². The highest BCUT2D eigenvalue weighted by molar-refractivity contribution is 7.89. The molecule has 0 bridgehead atoms. The summed E-state index contributed by atoms with van der Waals surface area (Å²) in [7, 11) is -3.74. The highest BCUT2D eigenvalue weighted by Crippen LogP contribution is 2.27. The van der Waals surface area contributed by atoms with Gasteiger partial charge in [-0.25, -0.2) is 8.42 Å². The molecule has 0 radical (unpaired) electrons. The van der Waals surface area contributed by atoms with Crippen molar-refractivity contribution in [3.8, 4) is 5.75 Å². The van der Waals surface area contributed by atoms with E-state index >= 15 is 0 Å². The number of carbonyl (C=O) groups is 1. The van der Waals surface area contributed by atoms with Crippen LogP contribution in [0.5, 0.6) is 5.75 Å². The Hall–Kier alpha value is -1.80. The normalized spacial score (nSPS) is 11.4. The number of rotatable bonds is 8. The van der Waals surface area contributed by atoms with Gasteiger partial charge >= 0.3 is 0 Å². The maximum atomic E-state index is 12.7. The second-order valence-electron chi connectivity index (χ2n) is 5.53. The Morgan fingerprint density at radius 2 is 1.70 bits per heavy atom. The third kappa shape index (κ3) is 5.59. The van der Waals surface area contributed by atoms with E-state index < -0.39 is 15.9 Å². The Balaban J connectivity index is 2.11. The number of sulfonamides is 1. The van der Waals surface area contributed by atoms with E-state index in [0.717, 1.165) is 0 Å². The quantitative estimate of drug-likeness (QED) is 0.685. The van der Waals surface area contributed by atoms with E-state index in [4.69, 9.17) is 27.9 Å². The zero-order valence-corrected chi connectivity index (χ0v) is 17.2. The average molecular weight is 431 g/mol. The molecule has 0 saturated heterocycles. The summed E-state index contributed by atoms with van der Waals surface area (Å²) in [6.45, 7) is 3.90. The second-order valence-corrected chi connectivity index (χ2v) is 8.28. The van der Waals surface area contributed by atoms with Crippen LogP contribution in [-0.4, -0.2) is 38.3 Å². The Bertz CT molecular complexity index is 898. The predicted molar refractivity (Wildman–Crippen MR) is 107 cm³/mol. The van der Waals surface area contributed by atoms with Crippen LogP contribution >= 0.6 is 23.2 Å². The summed E-state index contributed by atoms with van der Waals surface area (Å²) < 4.78 is 32.0. The van der Waals surface area contributed by atoms with Crippen LogP contribution < -0.4 is 10.1 Å². The maximum absolute atomic E-state index is 12.7. The Morgan fingerprint density at radius 3 is 2.30 bits per heavy atom. The van der Waals surface area contributed by atoms with Gasteiger partial charge in [0.05, 0.1) is 5.02 Å². The first kappa shape index (κ1) is 21.5. The molecular weight excluding hydrogens is 411 g/mol. The average Bonchev–Trinajstić information content (AvgIpc) is 2.63. The predicted octanol–water partition coefficient (Wildman–Crippen LogP) is 4.04. The largest absolute Gasteiger partial charge is 0.484 e. The van der Waals surface area contributed by atoms with Crippen LogP contribution in [0.25, 0.3) is 0 Å². The molecule has 0 atom stereocenters. The molecule has 0 saturated carbocycles. The molecule has 0 fully saturated rings. The standard InChI is InChI=1S/C18H20Cl2N2O4S/c1-3-22(4-2)27(24,25)17-11-14(7-10-16(17)20)21-18(23)12-26-15-8-5-13(19)6-9-15/h5-11H,3-4,12H2,1-2H3,(H,21,23). The summed E-state index contributed by atoms with van der Waals surface area (Å²) >= 11 is 11.9.